The van der Waals surface area contributed by atoms with Crippen molar-refractivity contribution in [1.82, 2.24) is 20.4 Å². The number of hydrazine groups is 1. The van der Waals surface area contributed by atoms with E-state index in [1.807, 2.05) is 30.3 Å². The summed E-state index contributed by atoms with van der Waals surface area (Å²) in [4.78, 5) is 28.5. The third-order valence-electron chi connectivity index (χ3n) is 4.17. The van der Waals surface area contributed by atoms with Gasteiger partial charge in [0.15, 0.2) is 5.69 Å². The Hall–Kier alpha value is -2.83. The van der Waals surface area contributed by atoms with Crippen LogP contribution in [0.1, 0.15) is 42.4 Å². The molecule has 0 saturated heterocycles. The van der Waals surface area contributed by atoms with Crippen LogP contribution in [-0.4, -0.2) is 28.2 Å². The molecule has 132 valence electrons. The molecule has 1 aromatic heterocycles. The Balaban J connectivity index is 1.90. The SMILES string of the molecule is CCOC(=O)NNC(=O)c1nc(-c2ccccc2)n2c1CCCCC2. The highest BCUT2D eigenvalue weighted by Crippen LogP contribution is 2.27. The van der Waals surface area contributed by atoms with Crippen molar-refractivity contribution in [2.75, 3.05) is 6.61 Å². The van der Waals surface area contributed by atoms with Crippen molar-refractivity contribution in [3.8, 4) is 11.4 Å². The predicted molar refractivity (Wildman–Crippen MR) is 92.8 cm³/mol. The minimum atomic E-state index is -0.690. The maximum atomic E-state index is 12.5. The lowest BCUT2D eigenvalue weighted by molar-refractivity contribution is 0.0907. The molecule has 0 radical (unpaired) electrons. The fraction of sp³-hybridized carbons (Fsp3) is 0.389. The summed E-state index contributed by atoms with van der Waals surface area (Å²) in [5, 5.41) is 0. The van der Waals surface area contributed by atoms with Gasteiger partial charge in [-0.25, -0.2) is 15.2 Å². The molecule has 2 N–H and O–H groups in total. The number of amides is 2. The molecule has 25 heavy (non-hydrogen) atoms. The monoisotopic (exact) mass is 342 g/mol. The van der Waals surface area contributed by atoms with E-state index in [1.165, 1.54) is 0 Å². The molecule has 0 aliphatic carbocycles. The molecule has 7 nitrogen and oxygen atoms in total. The van der Waals surface area contributed by atoms with E-state index in [0.29, 0.717) is 5.69 Å². The Morgan fingerprint density at radius 1 is 1.16 bits per heavy atom. The van der Waals surface area contributed by atoms with E-state index in [-0.39, 0.29) is 6.61 Å². The molecule has 1 aliphatic rings. The molecular weight excluding hydrogens is 320 g/mol. The van der Waals surface area contributed by atoms with Gasteiger partial charge in [0.25, 0.3) is 5.91 Å². The number of ether oxygens (including phenoxy) is 1. The lowest BCUT2D eigenvalue weighted by Crippen LogP contribution is -2.42. The van der Waals surface area contributed by atoms with Gasteiger partial charge < -0.3 is 9.30 Å². The minimum Gasteiger partial charge on any atom is -0.449 e. The van der Waals surface area contributed by atoms with Crippen molar-refractivity contribution < 1.29 is 14.3 Å². The van der Waals surface area contributed by atoms with Gasteiger partial charge >= 0.3 is 6.09 Å². The number of rotatable bonds is 3. The van der Waals surface area contributed by atoms with Crippen molar-refractivity contribution in [3.05, 3.63) is 41.7 Å². The van der Waals surface area contributed by atoms with E-state index in [2.05, 4.69) is 20.4 Å². The summed E-state index contributed by atoms with van der Waals surface area (Å²) in [5.74, 6) is 0.361. The van der Waals surface area contributed by atoms with Gasteiger partial charge in [0.1, 0.15) is 5.82 Å². The summed E-state index contributed by atoms with van der Waals surface area (Å²) in [5.41, 5.74) is 6.87. The minimum absolute atomic E-state index is 0.236. The molecule has 2 amide bonds. The molecule has 2 heterocycles. The van der Waals surface area contributed by atoms with Crippen molar-refractivity contribution in [3.63, 3.8) is 0 Å². The average molecular weight is 342 g/mol. The van der Waals surface area contributed by atoms with Gasteiger partial charge in [0.2, 0.25) is 0 Å². The van der Waals surface area contributed by atoms with Gasteiger partial charge in [-0.05, 0) is 26.2 Å². The second kappa shape index (κ2) is 7.83. The lowest BCUT2D eigenvalue weighted by Gasteiger charge is -2.09. The van der Waals surface area contributed by atoms with Gasteiger partial charge in [-0.15, -0.1) is 0 Å². The Morgan fingerprint density at radius 3 is 2.72 bits per heavy atom. The fourth-order valence-corrected chi connectivity index (χ4v) is 3.04. The zero-order chi connectivity index (χ0) is 17.6. The van der Waals surface area contributed by atoms with Crippen LogP contribution in [0.15, 0.2) is 30.3 Å². The second-order valence-electron chi connectivity index (χ2n) is 5.86. The number of hydrogen-bond acceptors (Lipinski definition) is 4. The average Bonchev–Trinajstić information content (AvgIpc) is 2.82. The maximum absolute atomic E-state index is 12.5. The number of carbonyl (C=O) groups excluding carboxylic acids is 2. The Labute approximate surface area is 146 Å². The first-order valence-corrected chi connectivity index (χ1v) is 8.58. The number of imidazole rings is 1. The number of aromatic nitrogens is 2. The van der Waals surface area contributed by atoms with Crippen LogP contribution in [-0.2, 0) is 17.7 Å². The van der Waals surface area contributed by atoms with Crippen LogP contribution in [0.25, 0.3) is 11.4 Å². The van der Waals surface area contributed by atoms with Gasteiger partial charge in [-0.3, -0.25) is 10.2 Å². The molecule has 2 aromatic rings. The third-order valence-corrected chi connectivity index (χ3v) is 4.17. The predicted octanol–water partition coefficient (Wildman–Crippen LogP) is 2.67. The van der Waals surface area contributed by atoms with E-state index in [1.54, 1.807) is 6.92 Å². The van der Waals surface area contributed by atoms with Crippen LogP contribution in [0, 0.1) is 0 Å². The van der Waals surface area contributed by atoms with Crippen LogP contribution in [0.5, 0.6) is 0 Å². The quantitative estimate of drug-likeness (QED) is 0.840. The molecule has 0 bridgehead atoms. The summed E-state index contributed by atoms with van der Waals surface area (Å²) in [6.07, 6.45) is 3.31. The van der Waals surface area contributed by atoms with Gasteiger partial charge in [0, 0.05) is 12.1 Å². The molecule has 0 unspecified atom stereocenters. The number of nitrogens with zero attached hydrogens (tertiary/aromatic N) is 2. The van der Waals surface area contributed by atoms with Crippen LogP contribution >= 0.6 is 0 Å². The molecule has 0 saturated carbocycles. The first-order valence-electron chi connectivity index (χ1n) is 8.58. The number of nitrogens with one attached hydrogen (secondary N) is 2. The first kappa shape index (κ1) is 17.0. The number of hydrogen-bond donors (Lipinski definition) is 2. The van der Waals surface area contributed by atoms with Crippen LogP contribution in [0.3, 0.4) is 0 Å². The molecule has 0 atom stereocenters. The largest absolute Gasteiger partial charge is 0.449 e. The molecule has 0 fully saturated rings. The van der Waals surface area contributed by atoms with Crippen molar-refractivity contribution >= 4 is 12.0 Å². The highest BCUT2D eigenvalue weighted by atomic mass is 16.5. The standard InChI is InChI=1S/C18H22N4O3/c1-2-25-18(24)21-20-17(23)15-14-11-7-4-8-12-22(14)16(19-15)13-9-5-3-6-10-13/h3,5-6,9-10H,2,4,7-8,11-12H2,1H3,(H,20,23)(H,21,24). The normalized spacial score (nSPS) is 13.5. The molecule has 0 spiro atoms. The van der Waals surface area contributed by atoms with Crippen LogP contribution in [0.2, 0.25) is 0 Å². The summed E-state index contributed by atoms with van der Waals surface area (Å²) in [7, 11) is 0. The molecule has 1 aromatic carbocycles. The topological polar surface area (TPSA) is 85.2 Å². The molecule has 7 heteroatoms. The fourth-order valence-electron chi connectivity index (χ4n) is 3.04. The highest BCUT2D eigenvalue weighted by molar-refractivity contribution is 5.95. The summed E-state index contributed by atoms with van der Waals surface area (Å²) < 4.78 is 6.87. The zero-order valence-corrected chi connectivity index (χ0v) is 14.2. The van der Waals surface area contributed by atoms with Gasteiger partial charge in [-0.1, -0.05) is 36.8 Å². The summed E-state index contributed by atoms with van der Waals surface area (Å²) in [6.45, 7) is 2.77. The van der Waals surface area contributed by atoms with Gasteiger partial charge in [0.05, 0.1) is 12.3 Å². The second-order valence-corrected chi connectivity index (χ2v) is 5.86. The molecular formula is C18H22N4O3. The lowest BCUT2D eigenvalue weighted by atomic mass is 10.1. The Bertz CT molecular complexity index is 755. The van der Waals surface area contributed by atoms with E-state index >= 15 is 0 Å². The maximum Gasteiger partial charge on any atom is 0.426 e. The zero-order valence-electron chi connectivity index (χ0n) is 14.2. The van der Waals surface area contributed by atoms with E-state index in [9.17, 15) is 9.59 Å². The first-order chi connectivity index (χ1) is 12.2. The third kappa shape index (κ3) is 3.81. The van der Waals surface area contributed by atoms with Crippen LogP contribution < -0.4 is 10.9 Å². The summed E-state index contributed by atoms with van der Waals surface area (Å²) >= 11 is 0. The van der Waals surface area contributed by atoms with Crippen molar-refractivity contribution in [1.29, 1.82) is 0 Å². The van der Waals surface area contributed by atoms with Gasteiger partial charge in [-0.2, -0.15) is 0 Å². The van der Waals surface area contributed by atoms with Crippen molar-refractivity contribution in [2.45, 2.75) is 39.2 Å². The number of benzene rings is 1. The van der Waals surface area contributed by atoms with E-state index in [4.69, 9.17) is 4.74 Å². The Kier molecular flexibility index (Phi) is 5.33. The number of carbonyl (C=O) groups is 2. The number of fused-ring (bicyclic) bond motifs is 1. The Morgan fingerprint density at radius 2 is 1.96 bits per heavy atom. The van der Waals surface area contributed by atoms with Crippen molar-refractivity contribution in [2.24, 2.45) is 0 Å². The van der Waals surface area contributed by atoms with E-state index in [0.717, 1.165) is 49.3 Å². The highest BCUT2D eigenvalue weighted by Gasteiger charge is 2.24. The smallest absolute Gasteiger partial charge is 0.426 e. The van der Waals surface area contributed by atoms with E-state index < -0.39 is 12.0 Å². The molecule has 3 rings (SSSR count). The summed E-state index contributed by atoms with van der Waals surface area (Å²) in [6, 6.07) is 9.83. The molecule has 1 aliphatic heterocycles. The van der Waals surface area contributed by atoms with Crippen LogP contribution in [0.4, 0.5) is 4.79 Å².